The van der Waals surface area contributed by atoms with Crippen LogP contribution in [-0.2, 0) is 16.6 Å². The molecule has 8 heteroatoms. The van der Waals surface area contributed by atoms with Gasteiger partial charge in [-0.3, -0.25) is 4.79 Å². The molecule has 2 unspecified atom stereocenters. The first-order valence-corrected chi connectivity index (χ1v) is 7.21. The zero-order valence-electron chi connectivity index (χ0n) is 11.4. The maximum Gasteiger partial charge on any atom is 0.326 e. The van der Waals surface area contributed by atoms with Crippen LogP contribution in [0.5, 0.6) is 0 Å². The molecule has 0 spiro atoms. The van der Waals surface area contributed by atoms with E-state index < -0.39 is 5.54 Å². The molecule has 1 aliphatic carbocycles. The van der Waals surface area contributed by atoms with E-state index in [4.69, 9.17) is 4.74 Å². The number of ether oxygens (including phenoxy) is 1. The SMILES string of the molecule is CCNC1(C(=O)OC)CCC(Sc2nnnn2C)C1. The number of methoxy groups -OCH3 is 1. The molecule has 1 aromatic heterocycles. The molecule has 0 bridgehead atoms. The Balaban J connectivity index is 2.04. The first kappa shape index (κ1) is 14.3. The van der Waals surface area contributed by atoms with Gasteiger partial charge >= 0.3 is 5.97 Å². The van der Waals surface area contributed by atoms with Crippen LogP contribution in [-0.4, -0.2) is 50.6 Å². The lowest BCUT2D eigenvalue weighted by molar-refractivity contribution is -0.148. The number of thioether (sulfide) groups is 1. The highest BCUT2D eigenvalue weighted by molar-refractivity contribution is 7.99. The first-order chi connectivity index (χ1) is 9.11. The molecule has 1 aliphatic rings. The number of aryl methyl sites for hydroxylation is 1. The van der Waals surface area contributed by atoms with Crippen molar-refractivity contribution in [3.63, 3.8) is 0 Å². The van der Waals surface area contributed by atoms with Crippen molar-refractivity contribution in [2.75, 3.05) is 13.7 Å². The quantitative estimate of drug-likeness (QED) is 0.783. The number of carbonyl (C=O) groups is 1. The molecule has 106 valence electrons. The van der Waals surface area contributed by atoms with Crippen LogP contribution in [0.4, 0.5) is 0 Å². The van der Waals surface area contributed by atoms with Gasteiger partial charge in [0, 0.05) is 12.3 Å². The minimum Gasteiger partial charge on any atom is -0.468 e. The van der Waals surface area contributed by atoms with Crippen LogP contribution >= 0.6 is 11.8 Å². The number of tetrazole rings is 1. The number of esters is 1. The molecule has 1 fully saturated rings. The van der Waals surface area contributed by atoms with E-state index in [0.717, 1.165) is 31.0 Å². The molecule has 0 aromatic carbocycles. The highest BCUT2D eigenvalue weighted by Crippen LogP contribution is 2.40. The summed E-state index contributed by atoms with van der Waals surface area (Å²) >= 11 is 1.62. The van der Waals surface area contributed by atoms with Crippen molar-refractivity contribution in [3.05, 3.63) is 0 Å². The number of hydrogen-bond donors (Lipinski definition) is 1. The summed E-state index contributed by atoms with van der Waals surface area (Å²) in [5, 5.41) is 15.8. The van der Waals surface area contributed by atoms with Crippen molar-refractivity contribution in [1.29, 1.82) is 0 Å². The van der Waals surface area contributed by atoms with Gasteiger partial charge in [0.2, 0.25) is 5.16 Å². The maximum atomic E-state index is 12.0. The predicted octanol–water partition coefficient (Wildman–Crippen LogP) is 0.376. The van der Waals surface area contributed by atoms with Crippen molar-refractivity contribution in [1.82, 2.24) is 25.5 Å². The van der Waals surface area contributed by atoms with E-state index >= 15 is 0 Å². The molecular formula is C11H19N5O2S. The van der Waals surface area contributed by atoms with Gasteiger partial charge in [0.15, 0.2) is 0 Å². The average molecular weight is 285 g/mol. The summed E-state index contributed by atoms with van der Waals surface area (Å²) in [6.07, 6.45) is 2.47. The minimum atomic E-state index is -0.548. The van der Waals surface area contributed by atoms with Crippen molar-refractivity contribution in [2.24, 2.45) is 7.05 Å². The Morgan fingerprint density at radius 1 is 1.68 bits per heavy atom. The zero-order chi connectivity index (χ0) is 13.9. The van der Waals surface area contributed by atoms with Crippen LogP contribution in [0.1, 0.15) is 26.2 Å². The van der Waals surface area contributed by atoms with Gasteiger partial charge in [0.1, 0.15) is 5.54 Å². The largest absolute Gasteiger partial charge is 0.468 e. The molecule has 1 aromatic rings. The van der Waals surface area contributed by atoms with Gasteiger partial charge in [-0.15, -0.1) is 5.10 Å². The summed E-state index contributed by atoms with van der Waals surface area (Å²) in [5.41, 5.74) is -0.548. The van der Waals surface area contributed by atoms with Gasteiger partial charge in [-0.1, -0.05) is 18.7 Å². The highest BCUT2D eigenvalue weighted by Gasteiger charge is 2.46. The Bertz CT molecular complexity index is 452. The number of hydrogen-bond acceptors (Lipinski definition) is 7. The first-order valence-electron chi connectivity index (χ1n) is 6.34. The Hall–Kier alpha value is -1.15. The lowest BCUT2D eigenvalue weighted by Gasteiger charge is -2.27. The second-order valence-corrected chi connectivity index (χ2v) is 5.94. The van der Waals surface area contributed by atoms with E-state index in [-0.39, 0.29) is 5.97 Å². The summed E-state index contributed by atoms with van der Waals surface area (Å²) in [6, 6.07) is 0. The Morgan fingerprint density at radius 2 is 2.47 bits per heavy atom. The van der Waals surface area contributed by atoms with Gasteiger partial charge in [0.25, 0.3) is 0 Å². The molecule has 0 amide bonds. The summed E-state index contributed by atoms with van der Waals surface area (Å²) in [4.78, 5) is 12.0. The smallest absolute Gasteiger partial charge is 0.326 e. The molecule has 1 heterocycles. The predicted molar refractivity (Wildman–Crippen MR) is 70.7 cm³/mol. The van der Waals surface area contributed by atoms with E-state index in [1.54, 1.807) is 16.4 Å². The molecule has 7 nitrogen and oxygen atoms in total. The van der Waals surface area contributed by atoms with Gasteiger partial charge in [-0.2, -0.15) is 0 Å². The van der Waals surface area contributed by atoms with Crippen LogP contribution in [0.15, 0.2) is 5.16 Å². The van der Waals surface area contributed by atoms with Gasteiger partial charge in [0.05, 0.1) is 7.11 Å². The fourth-order valence-electron chi connectivity index (χ4n) is 2.52. The lowest BCUT2D eigenvalue weighted by atomic mass is 9.98. The number of rotatable bonds is 5. The minimum absolute atomic E-state index is 0.173. The number of nitrogens with one attached hydrogen (secondary N) is 1. The monoisotopic (exact) mass is 285 g/mol. The molecule has 0 saturated heterocycles. The summed E-state index contributed by atoms with van der Waals surface area (Å²) in [7, 11) is 3.25. The lowest BCUT2D eigenvalue weighted by Crippen LogP contribution is -2.50. The topological polar surface area (TPSA) is 81.9 Å². The third kappa shape index (κ3) is 2.89. The number of likely N-dealkylation sites (N-methyl/N-ethyl adjacent to an activating group) is 1. The second kappa shape index (κ2) is 5.87. The van der Waals surface area contributed by atoms with E-state index in [1.807, 2.05) is 14.0 Å². The van der Waals surface area contributed by atoms with Gasteiger partial charge in [-0.25, -0.2) is 4.68 Å². The van der Waals surface area contributed by atoms with Crippen LogP contribution < -0.4 is 5.32 Å². The standard InChI is InChI=1S/C11H19N5O2S/c1-4-12-11(9(17)18-3)6-5-8(7-11)19-10-13-14-15-16(10)2/h8,12H,4-7H2,1-3H3. The van der Waals surface area contributed by atoms with E-state index in [2.05, 4.69) is 20.8 Å². The molecule has 0 aliphatic heterocycles. The molecule has 1 saturated carbocycles. The number of carbonyl (C=O) groups excluding carboxylic acids is 1. The number of aromatic nitrogens is 4. The van der Waals surface area contributed by atoms with Crippen LogP contribution in [0.2, 0.25) is 0 Å². The fourth-order valence-corrected chi connectivity index (χ4v) is 3.70. The molecule has 1 N–H and O–H groups in total. The fraction of sp³-hybridized carbons (Fsp3) is 0.818. The molecular weight excluding hydrogens is 266 g/mol. The third-order valence-electron chi connectivity index (χ3n) is 3.41. The third-order valence-corrected chi connectivity index (χ3v) is 4.71. The number of nitrogens with zero attached hydrogens (tertiary/aromatic N) is 4. The summed E-state index contributed by atoms with van der Waals surface area (Å²) < 4.78 is 6.59. The van der Waals surface area contributed by atoms with Crippen LogP contribution in [0.3, 0.4) is 0 Å². The van der Waals surface area contributed by atoms with Crippen molar-refractivity contribution >= 4 is 17.7 Å². The van der Waals surface area contributed by atoms with Crippen LogP contribution in [0, 0.1) is 0 Å². The average Bonchev–Trinajstić information content (AvgIpc) is 2.98. The van der Waals surface area contributed by atoms with E-state index in [1.165, 1.54) is 7.11 Å². The van der Waals surface area contributed by atoms with Crippen molar-refractivity contribution in [3.8, 4) is 0 Å². The normalized spacial score (nSPS) is 26.6. The molecule has 2 atom stereocenters. The highest BCUT2D eigenvalue weighted by atomic mass is 32.2. The summed E-state index contributed by atoms with van der Waals surface area (Å²) in [5.74, 6) is -0.173. The summed E-state index contributed by atoms with van der Waals surface area (Å²) in [6.45, 7) is 2.75. The molecule has 0 radical (unpaired) electrons. The Labute approximate surface area is 116 Å². The van der Waals surface area contributed by atoms with E-state index in [9.17, 15) is 4.79 Å². The van der Waals surface area contributed by atoms with Crippen LogP contribution in [0.25, 0.3) is 0 Å². The Morgan fingerprint density at radius 3 is 3.05 bits per heavy atom. The van der Waals surface area contributed by atoms with Gasteiger partial charge < -0.3 is 10.1 Å². The zero-order valence-corrected chi connectivity index (χ0v) is 12.2. The van der Waals surface area contributed by atoms with Gasteiger partial charge in [-0.05, 0) is 36.2 Å². The Kier molecular flexibility index (Phi) is 4.41. The van der Waals surface area contributed by atoms with E-state index in [0.29, 0.717) is 5.25 Å². The second-order valence-electron chi connectivity index (χ2n) is 4.67. The molecule has 19 heavy (non-hydrogen) atoms. The van der Waals surface area contributed by atoms with Crippen molar-refractivity contribution < 1.29 is 9.53 Å². The maximum absolute atomic E-state index is 12.0. The van der Waals surface area contributed by atoms with Crippen molar-refractivity contribution in [2.45, 2.75) is 42.1 Å². The molecule has 2 rings (SSSR count).